The molecule has 1 fully saturated rings. The van der Waals surface area contributed by atoms with Crippen LogP contribution in [0.3, 0.4) is 0 Å². The van der Waals surface area contributed by atoms with Gasteiger partial charge in [-0.15, -0.1) is 0 Å². The molecule has 0 aliphatic carbocycles. The Bertz CT molecular complexity index is 582. The third-order valence-electron chi connectivity index (χ3n) is 3.95. The van der Waals surface area contributed by atoms with Gasteiger partial charge in [0.05, 0.1) is 0 Å². The number of aromatic nitrogens is 2. The Morgan fingerprint density at radius 2 is 2.05 bits per heavy atom. The van der Waals surface area contributed by atoms with Gasteiger partial charge >= 0.3 is 0 Å². The molecular weight excluding hydrogens is 248 g/mol. The van der Waals surface area contributed by atoms with Crippen molar-refractivity contribution in [1.82, 2.24) is 9.97 Å². The molecule has 3 rings (SSSR count). The van der Waals surface area contributed by atoms with Gasteiger partial charge in [-0.25, -0.2) is 9.97 Å². The SMILES string of the molecule is CCC1CCN(c2cc(N)nc(-c3ccccc3)n2)C1. The standard InChI is InChI=1S/C16H20N4/c1-2-12-8-9-20(11-12)15-10-14(17)18-16(19-15)13-6-4-3-5-7-13/h3-7,10,12H,2,8-9,11H2,1H3,(H2,17,18,19). The normalized spacial score (nSPS) is 18.4. The number of nitrogens with zero attached hydrogens (tertiary/aromatic N) is 3. The Morgan fingerprint density at radius 3 is 2.75 bits per heavy atom. The van der Waals surface area contributed by atoms with E-state index in [1.165, 1.54) is 12.8 Å². The van der Waals surface area contributed by atoms with E-state index in [0.717, 1.165) is 30.4 Å². The lowest BCUT2D eigenvalue weighted by Gasteiger charge is -2.18. The average Bonchev–Trinajstić information content (AvgIpc) is 2.96. The van der Waals surface area contributed by atoms with Gasteiger partial charge in [-0.1, -0.05) is 43.7 Å². The van der Waals surface area contributed by atoms with Gasteiger partial charge in [-0.05, 0) is 12.3 Å². The predicted octanol–water partition coefficient (Wildman–Crippen LogP) is 2.96. The topological polar surface area (TPSA) is 55.0 Å². The van der Waals surface area contributed by atoms with Gasteiger partial charge in [0.25, 0.3) is 0 Å². The van der Waals surface area contributed by atoms with Crippen molar-refractivity contribution in [2.45, 2.75) is 19.8 Å². The molecule has 1 aliphatic rings. The first-order chi connectivity index (χ1) is 9.76. The van der Waals surface area contributed by atoms with E-state index in [-0.39, 0.29) is 0 Å². The summed E-state index contributed by atoms with van der Waals surface area (Å²) in [5.74, 6) is 2.97. The first kappa shape index (κ1) is 12.9. The second-order valence-electron chi connectivity index (χ2n) is 5.35. The summed E-state index contributed by atoms with van der Waals surface area (Å²) >= 11 is 0. The third-order valence-corrected chi connectivity index (χ3v) is 3.95. The van der Waals surface area contributed by atoms with Crippen molar-refractivity contribution in [2.75, 3.05) is 23.7 Å². The summed E-state index contributed by atoms with van der Waals surface area (Å²) in [6.45, 7) is 4.38. The number of benzene rings is 1. The van der Waals surface area contributed by atoms with Crippen molar-refractivity contribution in [3.8, 4) is 11.4 Å². The zero-order chi connectivity index (χ0) is 13.9. The summed E-state index contributed by atoms with van der Waals surface area (Å²) in [4.78, 5) is 11.4. The Hall–Kier alpha value is -2.10. The van der Waals surface area contributed by atoms with Crippen LogP contribution in [-0.4, -0.2) is 23.1 Å². The summed E-state index contributed by atoms with van der Waals surface area (Å²) < 4.78 is 0. The van der Waals surface area contributed by atoms with E-state index >= 15 is 0 Å². The Labute approximate surface area is 119 Å². The van der Waals surface area contributed by atoms with Gasteiger partial charge in [-0.3, -0.25) is 0 Å². The summed E-state index contributed by atoms with van der Waals surface area (Å²) in [5.41, 5.74) is 6.96. The lowest BCUT2D eigenvalue weighted by Crippen LogP contribution is -2.21. The minimum Gasteiger partial charge on any atom is -0.384 e. The van der Waals surface area contributed by atoms with Crippen molar-refractivity contribution in [1.29, 1.82) is 0 Å². The summed E-state index contributed by atoms with van der Waals surface area (Å²) in [6.07, 6.45) is 2.46. The minimum atomic E-state index is 0.536. The van der Waals surface area contributed by atoms with E-state index < -0.39 is 0 Å². The maximum atomic E-state index is 5.95. The van der Waals surface area contributed by atoms with Gasteiger partial charge in [0, 0.05) is 24.7 Å². The highest BCUT2D eigenvalue weighted by Crippen LogP contribution is 2.27. The third kappa shape index (κ3) is 2.59. The van der Waals surface area contributed by atoms with Crippen LogP contribution < -0.4 is 10.6 Å². The Kier molecular flexibility index (Phi) is 3.54. The van der Waals surface area contributed by atoms with Crippen LogP contribution in [0.15, 0.2) is 36.4 Å². The largest absolute Gasteiger partial charge is 0.384 e. The van der Waals surface area contributed by atoms with E-state index in [1.807, 2.05) is 36.4 Å². The van der Waals surface area contributed by atoms with Gasteiger partial charge in [0.1, 0.15) is 11.6 Å². The van der Waals surface area contributed by atoms with Crippen LogP contribution in [0.25, 0.3) is 11.4 Å². The molecule has 4 heteroatoms. The number of nitrogens with two attached hydrogens (primary N) is 1. The van der Waals surface area contributed by atoms with E-state index in [1.54, 1.807) is 0 Å². The number of rotatable bonds is 3. The zero-order valence-corrected chi connectivity index (χ0v) is 11.8. The van der Waals surface area contributed by atoms with Crippen LogP contribution in [0, 0.1) is 5.92 Å². The quantitative estimate of drug-likeness (QED) is 0.930. The Balaban J connectivity index is 1.92. The minimum absolute atomic E-state index is 0.536. The molecule has 2 heterocycles. The molecule has 1 aromatic carbocycles. The fraction of sp³-hybridized carbons (Fsp3) is 0.375. The molecule has 0 radical (unpaired) electrons. The van der Waals surface area contributed by atoms with Crippen LogP contribution >= 0.6 is 0 Å². The van der Waals surface area contributed by atoms with Crippen molar-refractivity contribution in [3.05, 3.63) is 36.4 Å². The maximum Gasteiger partial charge on any atom is 0.163 e. The maximum absolute atomic E-state index is 5.95. The van der Waals surface area contributed by atoms with Crippen LogP contribution in [0.5, 0.6) is 0 Å². The van der Waals surface area contributed by atoms with Gasteiger partial charge in [0.2, 0.25) is 0 Å². The number of anilines is 2. The molecule has 1 atom stereocenters. The molecule has 1 unspecified atom stereocenters. The summed E-state index contributed by atoms with van der Waals surface area (Å²) in [5, 5.41) is 0. The molecule has 0 spiro atoms. The molecule has 1 aromatic heterocycles. The van der Waals surface area contributed by atoms with Gasteiger partial charge < -0.3 is 10.6 Å². The fourth-order valence-electron chi connectivity index (χ4n) is 2.70. The van der Waals surface area contributed by atoms with Crippen molar-refractivity contribution in [3.63, 3.8) is 0 Å². The lowest BCUT2D eigenvalue weighted by atomic mass is 10.1. The second-order valence-corrected chi connectivity index (χ2v) is 5.35. The van der Waals surface area contributed by atoms with Crippen LogP contribution in [0.4, 0.5) is 11.6 Å². The van der Waals surface area contributed by atoms with E-state index in [4.69, 9.17) is 5.73 Å². The highest BCUT2D eigenvalue weighted by atomic mass is 15.2. The highest BCUT2D eigenvalue weighted by molar-refractivity contribution is 5.61. The molecule has 104 valence electrons. The van der Waals surface area contributed by atoms with Crippen LogP contribution in [0.2, 0.25) is 0 Å². The van der Waals surface area contributed by atoms with E-state index in [2.05, 4.69) is 21.8 Å². The number of nitrogen functional groups attached to an aromatic ring is 1. The Morgan fingerprint density at radius 1 is 1.25 bits per heavy atom. The van der Waals surface area contributed by atoms with Crippen LogP contribution in [0.1, 0.15) is 19.8 Å². The van der Waals surface area contributed by atoms with Crippen molar-refractivity contribution < 1.29 is 0 Å². The van der Waals surface area contributed by atoms with Crippen LogP contribution in [-0.2, 0) is 0 Å². The molecule has 1 aliphatic heterocycles. The molecule has 2 aromatic rings. The molecule has 20 heavy (non-hydrogen) atoms. The van der Waals surface area contributed by atoms with Crippen molar-refractivity contribution in [2.24, 2.45) is 5.92 Å². The average molecular weight is 268 g/mol. The highest BCUT2D eigenvalue weighted by Gasteiger charge is 2.22. The number of hydrogen-bond acceptors (Lipinski definition) is 4. The molecule has 0 saturated carbocycles. The smallest absolute Gasteiger partial charge is 0.163 e. The first-order valence-corrected chi connectivity index (χ1v) is 7.21. The molecule has 0 amide bonds. The summed E-state index contributed by atoms with van der Waals surface area (Å²) in [7, 11) is 0. The van der Waals surface area contributed by atoms with E-state index in [0.29, 0.717) is 11.6 Å². The zero-order valence-electron chi connectivity index (χ0n) is 11.8. The van der Waals surface area contributed by atoms with Crippen molar-refractivity contribution >= 4 is 11.6 Å². The van der Waals surface area contributed by atoms with E-state index in [9.17, 15) is 0 Å². The summed E-state index contributed by atoms with van der Waals surface area (Å²) in [6, 6.07) is 11.9. The number of hydrogen-bond donors (Lipinski definition) is 1. The molecule has 2 N–H and O–H groups in total. The molecule has 1 saturated heterocycles. The van der Waals surface area contributed by atoms with Gasteiger partial charge in [-0.2, -0.15) is 0 Å². The monoisotopic (exact) mass is 268 g/mol. The second kappa shape index (κ2) is 5.49. The molecular formula is C16H20N4. The fourth-order valence-corrected chi connectivity index (χ4v) is 2.70. The first-order valence-electron chi connectivity index (χ1n) is 7.21. The molecule has 0 bridgehead atoms. The van der Waals surface area contributed by atoms with Gasteiger partial charge in [0.15, 0.2) is 5.82 Å². The molecule has 4 nitrogen and oxygen atoms in total. The predicted molar refractivity (Wildman–Crippen MR) is 82.5 cm³/mol. The lowest BCUT2D eigenvalue weighted by molar-refractivity contribution is 0.568.